The van der Waals surface area contributed by atoms with Crippen LogP contribution >= 0.6 is 0 Å². The molecule has 0 aliphatic heterocycles. The number of hydrogen-bond acceptors (Lipinski definition) is 3. The number of aliphatic imine (C=N–C) groups is 1. The summed E-state index contributed by atoms with van der Waals surface area (Å²) in [5.74, 6) is 0.520. The van der Waals surface area contributed by atoms with Crippen LogP contribution in [-0.2, 0) is 5.41 Å². The van der Waals surface area contributed by atoms with Crippen LogP contribution in [0.2, 0.25) is 0 Å². The lowest BCUT2D eigenvalue weighted by atomic mass is 10.0. The Bertz CT molecular complexity index is 493. The Balaban J connectivity index is 2.37. The average molecular weight is 228 g/mol. The second kappa shape index (κ2) is 4.17. The number of aromatic nitrogens is 1. The number of nitriles is 1. The maximum atomic E-state index is 9.02. The second-order valence-electron chi connectivity index (χ2n) is 4.95. The third-order valence-corrected chi connectivity index (χ3v) is 3.02. The van der Waals surface area contributed by atoms with E-state index in [1.54, 1.807) is 6.34 Å². The number of pyridine rings is 1. The van der Waals surface area contributed by atoms with Gasteiger partial charge in [-0.2, -0.15) is 5.26 Å². The van der Waals surface area contributed by atoms with Gasteiger partial charge in [-0.05, 0) is 25.0 Å². The Morgan fingerprint density at radius 3 is 2.71 bits per heavy atom. The molecule has 0 unspecified atom stereocenters. The van der Waals surface area contributed by atoms with Crippen molar-refractivity contribution in [3.63, 3.8) is 0 Å². The van der Waals surface area contributed by atoms with E-state index in [1.807, 2.05) is 31.1 Å². The number of hydrogen-bond donors (Lipinski definition) is 0. The average Bonchev–Trinajstić information content (AvgIpc) is 3.05. The van der Waals surface area contributed by atoms with Gasteiger partial charge in [-0.15, -0.1) is 0 Å². The van der Waals surface area contributed by atoms with Gasteiger partial charge < -0.3 is 4.90 Å². The fraction of sp³-hybridized carbons (Fsp3) is 0.462. The first-order valence-electron chi connectivity index (χ1n) is 5.67. The van der Waals surface area contributed by atoms with Crippen LogP contribution in [0, 0.1) is 11.3 Å². The zero-order chi connectivity index (χ0) is 12.5. The largest absolute Gasteiger partial charge is 0.369 e. The molecule has 0 radical (unpaired) electrons. The molecular weight excluding hydrogens is 212 g/mol. The summed E-state index contributed by atoms with van der Waals surface area (Å²) in [6, 6.07) is 5.88. The summed E-state index contributed by atoms with van der Waals surface area (Å²) in [5.41, 5.74) is 1.77. The molecule has 0 aromatic carbocycles. The van der Waals surface area contributed by atoms with Crippen LogP contribution in [0.1, 0.15) is 31.0 Å². The molecule has 88 valence electrons. The van der Waals surface area contributed by atoms with Gasteiger partial charge in [0.05, 0.1) is 11.9 Å². The third kappa shape index (κ3) is 2.44. The molecule has 4 heteroatoms. The van der Waals surface area contributed by atoms with Crippen molar-refractivity contribution < 1.29 is 0 Å². The minimum absolute atomic E-state index is 0.205. The van der Waals surface area contributed by atoms with E-state index in [2.05, 4.69) is 23.0 Å². The van der Waals surface area contributed by atoms with Crippen molar-refractivity contribution in [3.8, 4) is 6.07 Å². The molecule has 1 aromatic rings. The first kappa shape index (κ1) is 11.6. The van der Waals surface area contributed by atoms with E-state index in [0.29, 0.717) is 11.4 Å². The molecule has 1 heterocycles. The highest BCUT2D eigenvalue weighted by Crippen LogP contribution is 2.47. The van der Waals surface area contributed by atoms with Crippen LogP contribution in [0.3, 0.4) is 0 Å². The zero-order valence-corrected chi connectivity index (χ0v) is 10.4. The molecule has 1 fully saturated rings. The van der Waals surface area contributed by atoms with Crippen molar-refractivity contribution in [2.45, 2.75) is 25.2 Å². The molecule has 1 saturated carbocycles. The molecule has 0 N–H and O–H groups in total. The van der Waals surface area contributed by atoms with Crippen LogP contribution < -0.4 is 0 Å². The highest BCUT2D eigenvalue weighted by atomic mass is 15.1. The number of nitrogens with zero attached hydrogens (tertiary/aromatic N) is 4. The van der Waals surface area contributed by atoms with Gasteiger partial charge in [-0.25, -0.2) is 9.98 Å². The van der Waals surface area contributed by atoms with Gasteiger partial charge in [0, 0.05) is 25.2 Å². The molecule has 1 aliphatic rings. The van der Waals surface area contributed by atoms with Crippen molar-refractivity contribution in [1.82, 2.24) is 9.88 Å². The van der Waals surface area contributed by atoms with Gasteiger partial charge in [0.25, 0.3) is 0 Å². The van der Waals surface area contributed by atoms with E-state index in [4.69, 9.17) is 5.26 Å². The van der Waals surface area contributed by atoms with Crippen molar-refractivity contribution in [3.05, 3.63) is 23.4 Å². The molecule has 0 bridgehead atoms. The summed E-state index contributed by atoms with van der Waals surface area (Å²) in [6.45, 7) is 2.20. The molecule has 17 heavy (non-hydrogen) atoms. The standard InChI is InChI=1S/C13H16N4/c1-13(6-7-13)11-5-4-10(8-14)12(16-11)15-9-17(2)3/h4-5,9H,6-7H2,1-3H3. The van der Waals surface area contributed by atoms with Crippen LogP contribution in [0.5, 0.6) is 0 Å². The van der Waals surface area contributed by atoms with E-state index in [0.717, 1.165) is 5.69 Å². The van der Waals surface area contributed by atoms with Crippen molar-refractivity contribution >= 4 is 12.2 Å². The fourth-order valence-electron chi connectivity index (χ4n) is 1.58. The van der Waals surface area contributed by atoms with Gasteiger partial charge in [0.2, 0.25) is 0 Å². The van der Waals surface area contributed by atoms with Crippen molar-refractivity contribution in [2.75, 3.05) is 14.1 Å². The van der Waals surface area contributed by atoms with Crippen LogP contribution in [0.4, 0.5) is 5.82 Å². The molecule has 0 amide bonds. The normalized spacial score (nSPS) is 16.8. The van der Waals surface area contributed by atoms with Crippen molar-refractivity contribution in [1.29, 1.82) is 5.26 Å². The Kier molecular flexibility index (Phi) is 2.84. The monoisotopic (exact) mass is 228 g/mol. The van der Waals surface area contributed by atoms with Crippen molar-refractivity contribution in [2.24, 2.45) is 4.99 Å². The molecule has 4 nitrogen and oxygen atoms in total. The maximum Gasteiger partial charge on any atom is 0.171 e. The van der Waals surface area contributed by atoms with Crippen LogP contribution in [0.15, 0.2) is 17.1 Å². The minimum Gasteiger partial charge on any atom is -0.369 e. The van der Waals surface area contributed by atoms with E-state index >= 15 is 0 Å². The summed E-state index contributed by atoms with van der Waals surface area (Å²) in [5, 5.41) is 9.02. The smallest absolute Gasteiger partial charge is 0.171 e. The summed E-state index contributed by atoms with van der Waals surface area (Å²) in [7, 11) is 3.78. The Morgan fingerprint density at radius 1 is 1.47 bits per heavy atom. The van der Waals surface area contributed by atoms with E-state index in [-0.39, 0.29) is 5.41 Å². The topological polar surface area (TPSA) is 52.3 Å². The van der Waals surface area contributed by atoms with E-state index in [1.165, 1.54) is 12.8 Å². The fourth-order valence-corrected chi connectivity index (χ4v) is 1.58. The van der Waals surface area contributed by atoms with Gasteiger partial charge >= 0.3 is 0 Å². The third-order valence-electron chi connectivity index (χ3n) is 3.02. The van der Waals surface area contributed by atoms with Gasteiger partial charge in [-0.3, -0.25) is 0 Å². The minimum atomic E-state index is 0.205. The second-order valence-corrected chi connectivity index (χ2v) is 4.95. The molecule has 2 rings (SSSR count). The van der Waals surface area contributed by atoms with Gasteiger partial charge in [-0.1, -0.05) is 6.92 Å². The number of rotatable bonds is 3. The molecule has 1 aromatic heterocycles. The van der Waals surface area contributed by atoms with Gasteiger partial charge in [0.15, 0.2) is 5.82 Å². The molecule has 0 atom stereocenters. The van der Waals surface area contributed by atoms with E-state index < -0.39 is 0 Å². The lowest BCUT2D eigenvalue weighted by Gasteiger charge is -2.09. The highest BCUT2D eigenvalue weighted by molar-refractivity contribution is 5.62. The Morgan fingerprint density at radius 2 is 2.18 bits per heavy atom. The predicted molar refractivity (Wildman–Crippen MR) is 67.4 cm³/mol. The Labute approximate surface area is 102 Å². The lowest BCUT2D eigenvalue weighted by molar-refractivity contribution is 0.642. The quantitative estimate of drug-likeness (QED) is 0.589. The molecule has 1 aliphatic carbocycles. The first-order valence-corrected chi connectivity index (χ1v) is 5.67. The molecular formula is C13H16N4. The van der Waals surface area contributed by atoms with Gasteiger partial charge in [0.1, 0.15) is 6.07 Å². The zero-order valence-electron chi connectivity index (χ0n) is 10.4. The summed E-state index contributed by atoms with van der Waals surface area (Å²) in [6.07, 6.45) is 4.01. The molecule has 0 spiro atoms. The van der Waals surface area contributed by atoms with E-state index in [9.17, 15) is 0 Å². The summed E-state index contributed by atoms with van der Waals surface area (Å²) >= 11 is 0. The maximum absolute atomic E-state index is 9.02. The van der Waals surface area contributed by atoms with Crippen LogP contribution in [-0.4, -0.2) is 30.3 Å². The highest BCUT2D eigenvalue weighted by Gasteiger charge is 2.40. The SMILES string of the molecule is CN(C)C=Nc1nc(C2(C)CC2)ccc1C#N. The lowest BCUT2D eigenvalue weighted by Crippen LogP contribution is -2.08. The van der Waals surface area contributed by atoms with Crippen LogP contribution in [0.25, 0.3) is 0 Å². The summed E-state index contributed by atoms with van der Waals surface area (Å²) in [4.78, 5) is 10.6. The first-order chi connectivity index (χ1) is 8.05. The molecule has 0 saturated heterocycles. The predicted octanol–water partition coefficient (Wildman–Crippen LogP) is 2.23. The Hall–Kier alpha value is -1.89. The summed E-state index contributed by atoms with van der Waals surface area (Å²) < 4.78 is 0.